The van der Waals surface area contributed by atoms with Crippen LogP contribution in [0.4, 0.5) is 0 Å². The molecule has 0 aromatic carbocycles. The van der Waals surface area contributed by atoms with E-state index in [9.17, 15) is 0 Å². The molecule has 0 amide bonds. The summed E-state index contributed by atoms with van der Waals surface area (Å²) in [7, 11) is 0. The van der Waals surface area contributed by atoms with Crippen molar-refractivity contribution < 1.29 is 4.74 Å². The van der Waals surface area contributed by atoms with Crippen molar-refractivity contribution in [1.29, 1.82) is 0 Å². The van der Waals surface area contributed by atoms with Crippen LogP contribution < -0.4 is 0 Å². The minimum absolute atomic E-state index is 0.638. The molecular weight excluding hydrogens is 126 g/mol. The van der Waals surface area contributed by atoms with Crippen molar-refractivity contribution in [3.05, 3.63) is 36.7 Å². The quantitative estimate of drug-likeness (QED) is 0.631. The van der Waals surface area contributed by atoms with Gasteiger partial charge in [0, 0.05) is 12.4 Å². The minimum Gasteiger partial charge on any atom is -0.371 e. The van der Waals surface area contributed by atoms with Gasteiger partial charge in [-0.1, -0.05) is 0 Å². The van der Waals surface area contributed by atoms with Crippen molar-refractivity contribution in [1.82, 2.24) is 4.98 Å². The van der Waals surface area contributed by atoms with Gasteiger partial charge in [0.1, 0.15) is 0 Å². The van der Waals surface area contributed by atoms with Gasteiger partial charge in [0.2, 0.25) is 0 Å². The van der Waals surface area contributed by atoms with Gasteiger partial charge in [-0.3, -0.25) is 4.98 Å². The Bertz CT molecular complexity index is 174. The Balaban J connectivity index is 2.43. The number of aromatic nitrogens is 1. The average Bonchev–Trinajstić information content (AvgIpc) is 2.03. The summed E-state index contributed by atoms with van der Waals surface area (Å²) in [6.07, 6.45) is 3.52. The highest BCUT2D eigenvalue weighted by Crippen LogP contribution is 1.98. The predicted octanol–water partition coefficient (Wildman–Crippen LogP) is 1.78. The first-order chi connectivity index (χ1) is 4.93. The van der Waals surface area contributed by atoms with E-state index in [2.05, 4.69) is 4.98 Å². The number of ether oxygens (including phenoxy) is 1. The first-order valence-corrected chi connectivity index (χ1v) is 3.22. The van der Waals surface area contributed by atoms with Crippen LogP contribution >= 0.6 is 0 Å². The highest BCUT2D eigenvalue weighted by Gasteiger charge is 1.87. The normalized spacial score (nSPS) is 9.70. The molecule has 0 N–H and O–H groups in total. The third kappa shape index (κ3) is 2.15. The van der Waals surface area contributed by atoms with E-state index in [-0.39, 0.29) is 0 Å². The lowest BCUT2D eigenvalue weighted by Crippen LogP contribution is -1.87. The fourth-order valence-electron chi connectivity index (χ4n) is 0.659. The van der Waals surface area contributed by atoms with Crippen molar-refractivity contribution in [2.24, 2.45) is 0 Å². The maximum absolute atomic E-state index is 5.07. The standard InChI is InChI=1S/C8H10NO/c1-2-10-7-8-3-5-9-6-4-8/h2-6H,7H2,1H3. The molecule has 0 atom stereocenters. The summed E-state index contributed by atoms with van der Waals surface area (Å²) in [6.45, 7) is 4.18. The van der Waals surface area contributed by atoms with Gasteiger partial charge < -0.3 is 4.74 Å². The van der Waals surface area contributed by atoms with Gasteiger partial charge >= 0.3 is 0 Å². The second-order valence-electron chi connectivity index (χ2n) is 1.90. The lowest BCUT2D eigenvalue weighted by Gasteiger charge is -1.97. The van der Waals surface area contributed by atoms with Crippen LogP contribution in [-0.2, 0) is 11.3 Å². The Labute approximate surface area is 60.9 Å². The van der Waals surface area contributed by atoms with E-state index in [1.807, 2.05) is 19.1 Å². The van der Waals surface area contributed by atoms with Crippen LogP contribution in [0.3, 0.4) is 0 Å². The van der Waals surface area contributed by atoms with E-state index in [1.165, 1.54) is 0 Å². The van der Waals surface area contributed by atoms with Crippen LogP contribution in [0.15, 0.2) is 24.5 Å². The van der Waals surface area contributed by atoms with Crippen molar-refractivity contribution in [2.75, 3.05) is 0 Å². The highest BCUT2D eigenvalue weighted by molar-refractivity contribution is 5.07. The predicted molar refractivity (Wildman–Crippen MR) is 39.0 cm³/mol. The van der Waals surface area contributed by atoms with Gasteiger partial charge in [-0.15, -0.1) is 0 Å². The van der Waals surface area contributed by atoms with E-state index >= 15 is 0 Å². The molecule has 53 valence electrons. The zero-order valence-electron chi connectivity index (χ0n) is 5.95. The topological polar surface area (TPSA) is 22.1 Å². The van der Waals surface area contributed by atoms with E-state index < -0.39 is 0 Å². The summed E-state index contributed by atoms with van der Waals surface area (Å²) < 4.78 is 5.07. The molecule has 2 heteroatoms. The molecule has 0 spiro atoms. The van der Waals surface area contributed by atoms with Crippen molar-refractivity contribution >= 4 is 0 Å². The summed E-state index contributed by atoms with van der Waals surface area (Å²) >= 11 is 0. The molecule has 2 nitrogen and oxygen atoms in total. The Morgan fingerprint density at radius 2 is 2.20 bits per heavy atom. The smallest absolute Gasteiger partial charge is 0.0810 e. The molecule has 0 aliphatic heterocycles. The fraction of sp³-hybridized carbons (Fsp3) is 0.250. The second-order valence-corrected chi connectivity index (χ2v) is 1.90. The molecule has 0 aliphatic rings. The minimum atomic E-state index is 0.638. The van der Waals surface area contributed by atoms with Crippen LogP contribution in [0, 0.1) is 6.61 Å². The van der Waals surface area contributed by atoms with Gasteiger partial charge in [0.05, 0.1) is 13.2 Å². The Morgan fingerprint density at radius 3 is 2.80 bits per heavy atom. The zero-order chi connectivity index (χ0) is 7.23. The first-order valence-electron chi connectivity index (χ1n) is 3.22. The summed E-state index contributed by atoms with van der Waals surface area (Å²) in [6, 6.07) is 3.87. The average molecular weight is 136 g/mol. The summed E-state index contributed by atoms with van der Waals surface area (Å²) in [4.78, 5) is 3.89. The van der Waals surface area contributed by atoms with E-state index in [4.69, 9.17) is 4.74 Å². The number of pyridine rings is 1. The molecule has 0 saturated carbocycles. The van der Waals surface area contributed by atoms with Gasteiger partial charge in [-0.25, -0.2) is 0 Å². The van der Waals surface area contributed by atoms with Crippen LogP contribution in [0.1, 0.15) is 12.5 Å². The number of nitrogens with zero attached hydrogens (tertiary/aromatic N) is 1. The maximum atomic E-state index is 5.07. The van der Waals surface area contributed by atoms with E-state index in [0.717, 1.165) is 5.56 Å². The second kappa shape index (κ2) is 4.01. The Morgan fingerprint density at radius 1 is 1.50 bits per heavy atom. The van der Waals surface area contributed by atoms with Gasteiger partial charge in [-0.2, -0.15) is 0 Å². The van der Waals surface area contributed by atoms with Gasteiger partial charge in [0.25, 0.3) is 0 Å². The van der Waals surface area contributed by atoms with Gasteiger partial charge in [-0.05, 0) is 24.6 Å². The lowest BCUT2D eigenvalue weighted by atomic mass is 10.3. The van der Waals surface area contributed by atoms with Crippen LogP contribution in [0.5, 0.6) is 0 Å². The molecule has 0 unspecified atom stereocenters. The molecule has 1 rings (SSSR count). The molecule has 1 aromatic heterocycles. The van der Waals surface area contributed by atoms with Gasteiger partial charge in [0.15, 0.2) is 0 Å². The lowest BCUT2D eigenvalue weighted by molar-refractivity contribution is 0.191. The van der Waals surface area contributed by atoms with Crippen LogP contribution in [0.25, 0.3) is 0 Å². The van der Waals surface area contributed by atoms with Crippen molar-refractivity contribution in [3.63, 3.8) is 0 Å². The number of hydrogen-bond donors (Lipinski definition) is 0. The summed E-state index contributed by atoms with van der Waals surface area (Å²) in [5, 5.41) is 0. The molecular formula is C8H10NO. The largest absolute Gasteiger partial charge is 0.371 e. The fourth-order valence-corrected chi connectivity index (χ4v) is 0.659. The highest BCUT2D eigenvalue weighted by atomic mass is 16.5. The third-order valence-corrected chi connectivity index (χ3v) is 1.17. The van der Waals surface area contributed by atoms with Crippen molar-refractivity contribution in [2.45, 2.75) is 13.5 Å². The van der Waals surface area contributed by atoms with Crippen LogP contribution in [-0.4, -0.2) is 4.98 Å². The molecule has 10 heavy (non-hydrogen) atoms. The Kier molecular flexibility index (Phi) is 2.90. The zero-order valence-corrected chi connectivity index (χ0v) is 5.95. The maximum Gasteiger partial charge on any atom is 0.0810 e. The van der Waals surface area contributed by atoms with Crippen LogP contribution in [0.2, 0.25) is 0 Å². The summed E-state index contributed by atoms with van der Waals surface area (Å²) in [5.41, 5.74) is 1.15. The van der Waals surface area contributed by atoms with Crippen molar-refractivity contribution in [3.8, 4) is 0 Å². The SMILES string of the molecule is C[CH]OCc1ccncc1. The van der Waals surface area contributed by atoms with E-state index in [1.54, 1.807) is 19.0 Å². The molecule has 1 heterocycles. The molecule has 1 radical (unpaired) electrons. The molecule has 0 aliphatic carbocycles. The Hall–Kier alpha value is -0.890. The summed E-state index contributed by atoms with van der Waals surface area (Å²) in [5.74, 6) is 0. The first kappa shape index (κ1) is 7.22. The number of rotatable bonds is 3. The van der Waals surface area contributed by atoms with E-state index in [0.29, 0.717) is 6.61 Å². The molecule has 0 bridgehead atoms. The molecule has 0 fully saturated rings. The number of hydrogen-bond acceptors (Lipinski definition) is 2. The monoisotopic (exact) mass is 136 g/mol. The molecule has 1 aromatic rings. The third-order valence-electron chi connectivity index (χ3n) is 1.17. The molecule has 0 saturated heterocycles.